The van der Waals surface area contributed by atoms with Gasteiger partial charge >= 0.3 is 0 Å². The summed E-state index contributed by atoms with van der Waals surface area (Å²) in [5.41, 5.74) is 1.44. The van der Waals surface area contributed by atoms with Crippen molar-refractivity contribution in [3.63, 3.8) is 0 Å². The van der Waals surface area contributed by atoms with Gasteiger partial charge in [0.1, 0.15) is 0 Å². The fraction of sp³-hybridized carbons (Fsp3) is 0.231. The summed E-state index contributed by atoms with van der Waals surface area (Å²) in [5, 5.41) is 2.58. The molecule has 0 unspecified atom stereocenters. The SMILES string of the molecule is CCCc1cc[c]c2ccccc12. The summed E-state index contributed by atoms with van der Waals surface area (Å²) in [6.45, 7) is 2.21. The molecule has 0 spiro atoms. The highest BCUT2D eigenvalue weighted by molar-refractivity contribution is 5.85. The first kappa shape index (κ1) is 8.31. The van der Waals surface area contributed by atoms with Crippen molar-refractivity contribution < 1.29 is 0 Å². The molecule has 0 amide bonds. The van der Waals surface area contributed by atoms with Crippen LogP contribution in [0.1, 0.15) is 18.9 Å². The van der Waals surface area contributed by atoms with Crippen molar-refractivity contribution >= 4 is 10.8 Å². The molecule has 2 aromatic rings. The Morgan fingerprint density at radius 1 is 1.15 bits per heavy atom. The van der Waals surface area contributed by atoms with E-state index in [4.69, 9.17) is 0 Å². The van der Waals surface area contributed by atoms with Gasteiger partial charge in [0.05, 0.1) is 0 Å². The molecular weight excluding hydrogens is 156 g/mol. The normalized spacial score (nSPS) is 10.5. The number of hydrogen-bond donors (Lipinski definition) is 0. The largest absolute Gasteiger partial charge is 0.0651 e. The molecule has 65 valence electrons. The van der Waals surface area contributed by atoms with E-state index in [1.807, 2.05) is 6.07 Å². The summed E-state index contributed by atoms with van der Waals surface area (Å²) in [7, 11) is 0. The van der Waals surface area contributed by atoms with Crippen LogP contribution in [0.25, 0.3) is 10.8 Å². The first-order valence-electron chi connectivity index (χ1n) is 4.80. The Balaban J connectivity index is 2.61. The van der Waals surface area contributed by atoms with E-state index in [1.54, 1.807) is 0 Å². The minimum Gasteiger partial charge on any atom is -0.0651 e. The van der Waals surface area contributed by atoms with Crippen LogP contribution in [-0.4, -0.2) is 0 Å². The van der Waals surface area contributed by atoms with Crippen LogP contribution in [0.5, 0.6) is 0 Å². The summed E-state index contributed by atoms with van der Waals surface area (Å²) in [6.07, 6.45) is 2.36. The second kappa shape index (κ2) is 3.61. The van der Waals surface area contributed by atoms with Crippen molar-refractivity contribution in [1.82, 2.24) is 0 Å². The third-order valence-corrected chi connectivity index (χ3v) is 2.32. The zero-order valence-corrected chi connectivity index (χ0v) is 7.88. The zero-order chi connectivity index (χ0) is 9.10. The van der Waals surface area contributed by atoms with Crippen LogP contribution >= 0.6 is 0 Å². The van der Waals surface area contributed by atoms with E-state index in [0.717, 1.165) is 6.42 Å². The lowest BCUT2D eigenvalue weighted by Gasteiger charge is -2.03. The van der Waals surface area contributed by atoms with Gasteiger partial charge in [0.2, 0.25) is 0 Å². The standard InChI is InChI=1S/C13H13/c1-2-6-11-8-5-9-12-7-3-4-10-13(11)12/h3-5,7-8,10H,2,6H2,1H3. The number of fused-ring (bicyclic) bond motifs is 1. The van der Waals surface area contributed by atoms with Crippen LogP contribution in [0, 0.1) is 6.07 Å². The van der Waals surface area contributed by atoms with E-state index in [1.165, 1.54) is 22.8 Å². The lowest BCUT2D eigenvalue weighted by molar-refractivity contribution is 0.929. The molecule has 0 aliphatic carbocycles. The first-order chi connectivity index (χ1) is 6.42. The lowest BCUT2D eigenvalue weighted by atomic mass is 10.0. The molecule has 2 rings (SSSR count). The maximum absolute atomic E-state index is 3.25. The summed E-state index contributed by atoms with van der Waals surface area (Å²) in [5.74, 6) is 0. The molecule has 0 N–H and O–H groups in total. The maximum Gasteiger partial charge on any atom is -0.00990 e. The highest BCUT2D eigenvalue weighted by Crippen LogP contribution is 2.18. The minimum absolute atomic E-state index is 1.16. The number of benzene rings is 2. The second-order valence-electron chi connectivity index (χ2n) is 3.30. The molecule has 0 saturated carbocycles. The maximum atomic E-state index is 3.25. The Hall–Kier alpha value is -1.30. The molecule has 0 nitrogen and oxygen atoms in total. The first-order valence-corrected chi connectivity index (χ1v) is 4.80. The molecule has 0 saturated heterocycles. The average Bonchev–Trinajstić information content (AvgIpc) is 2.19. The third-order valence-electron chi connectivity index (χ3n) is 2.32. The van der Waals surface area contributed by atoms with E-state index in [-0.39, 0.29) is 0 Å². The third kappa shape index (κ3) is 1.57. The highest BCUT2D eigenvalue weighted by atomic mass is 14.0. The van der Waals surface area contributed by atoms with Gasteiger partial charge in [0, 0.05) is 0 Å². The van der Waals surface area contributed by atoms with Crippen molar-refractivity contribution in [1.29, 1.82) is 0 Å². The van der Waals surface area contributed by atoms with Gasteiger partial charge in [-0.15, -0.1) is 0 Å². The van der Waals surface area contributed by atoms with Crippen LogP contribution in [0.2, 0.25) is 0 Å². The smallest absolute Gasteiger partial charge is 0.00990 e. The molecule has 13 heavy (non-hydrogen) atoms. The van der Waals surface area contributed by atoms with Gasteiger partial charge in [-0.05, 0) is 28.8 Å². The number of aryl methyl sites for hydroxylation is 1. The molecule has 0 aromatic heterocycles. The molecule has 0 atom stereocenters. The topological polar surface area (TPSA) is 0 Å². The summed E-state index contributed by atoms with van der Waals surface area (Å²) in [6, 6.07) is 15.9. The van der Waals surface area contributed by atoms with E-state index < -0.39 is 0 Å². The highest BCUT2D eigenvalue weighted by Gasteiger charge is 1.97. The fourth-order valence-corrected chi connectivity index (χ4v) is 1.70. The van der Waals surface area contributed by atoms with Gasteiger partial charge in [-0.1, -0.05) is 49.7 Å². The van der Waals surface area contributed by atoms with Gasteiger partial charge in [-0.2, -0.15) is 0 Å². The monoisotopic (exact) mass is 169 g/mol. The van der Waals surface area contributed by atoms with Crippen LogP contribution < -0.4 is 0 Å². The van der Waals surface area contributed by atoms with E-state index >= 15 is 0 Å². The number of rotatable bonds is 2. The Bertz CT molecular complexity index is 396. The molecule has 1 radical (unpaired) electrons. The number of hydrogen-bond acceptors (Lipinski definition) is 0. The van der Waals surface area contributed by atoms with Gasteiger partial charge in [-0.3, -0.25) is 0 Å². The zero-order valence-electron chi connectivity index (χ0n) is 7.88. The lowest BCUT2D eigenvalue weighted by Crippen LogP contribution is -1.84. The Kier molecular flexibility index (Phi) is 2.31. The Labute approximate surface area is 79.2 Å². The summed E-state index contributed by atoms with van der Waals surface area (Å²) in [4.78, 5) is 0. The van der Waals surface area contributed by atoms with Crippen LogP contribution in [0.4, 0.5) is 0 Å². The van der Waals surface area contributed by atoms with Crippen molar-refractivity contribution in [3.05, 3.63) is 48.0 Å². The molecule has 0 bridgehead atoms. The molecule has 0 fully saturated rings. The summed E-state index contributed by atoms with van der Waals surface area (Å²) < 4.78 is 0. The van der Waals surface area contributed by atoms with Crippen LogP contribution in [0.15, 0.2) is 36.4 Å². The molecule has 0 heterocycles. The molecule has 0 aliphatic heterocycles. The molecule has 2 aromatic carbocycles. The van der Waals surface area contributed by atoms with E-state index in [0.29, 0.717) is 0 Å². The minimum atomic E-state index is 1.16. The molecular formula is C13H13. The van der Waals surface area contributed by atoms with E-state index in [2.05, 4.69) is 43.3 Å². The predicted molar refractivity (Wildman–Crippen MR) is 56.8 cm³/mol. The summed E-state index contributed by atoms with van der Waals surface area (Å²) >= 11 is 0. The van der Waals surface area contributed by atoms with Gasteiger partial charge in [-0.25, -0.2) is 0 Å². The fourth-order valence-electron chi connectivity index (χ4n) is 1.70. The van der Waals surface area contributed by atoms with Crippen molar-refractivity contribution in [2.75, 3.05) is 0 Å². The van der Waals surface area contributed by atoms with Crippen molar-refractivity contribution in [2.24, 2.45) is 0 Å². The second-order valence-corrected chi connectivity index (χ2v) is 3.30. The Morgan fingerprint density at radius 2 is 2.00 bits per heavy atom. The molecule has 0 heteroatoms. The van der Waals surface area contributed by atoms with Crippen LogP contribution in [-0.2, 0) is 6.42 Å². The van der Waals surface area contributed by atoms with Gasteiger partial charge in [0.15, 0.2) is 0 Å². The molecule has 0 aliphatic rings. The Morgan fingerprint density at radius 3 is 2.85 bits per heavy atom. The van der Waals surface area contributed by atoms with Crippen molar-refractivity contribution in [3.8, 4) is 0 Å². The predicted octanol–water partition coefficient (Wildman–Crippen LogP) is 3.59. The van der Waals surface area contributed by atoms with Crippen molar-refractivity contribution in [2.45, 2.75) is 19.8 Å². The van der Waals surface area contributed by atoms with Crippen LogP contribution in [0.3, 0.4) is 0 Å². The average molecular weight is 169 g/mol. The van der Waals surface area contributed by atoms with Gasteiger partial charge < -0.3 is 0 Å². The van der Waals surface area contributed by atoms with E-state index in [9.17, 15) is 0 Å². The quantitative estimate of drug-likeness (QED) is 0.644. The van der Waals surface area contributed by atoms with Gasteiger partial charge in [0.25, 0.3) is 0 Å².